The number of rotatable bonds is 7. The molecule has 1 aliphatic heterocycles. The summed E-state index contributed by atoms with van der Waals surface area (Å²) in [6, 6.07) is 4.67. The second-order valence-electron chi connectivity index (χ2n) is 6.97. The predicted octanol–water partition coefficient (Wildman–Crippen LogP) is 2.75. The Labute approximate surface area is 162 Å². The fourth-order valence-electron chi connectivity index (χ4n) is 3.29. The van der Waals surface area contributed by atoms with E-state index in [0.717, 1.165) is 56.2 Å². The number of hydrogen-bond acceptors (Lipinski definition) is 6. The smallest absolute Gasteiger partial charge is 0.309 e. The highest BCUT2D eigenvalue weighted by atomic mass is 32.1. The van der Waals surface area contributed by atoms with Gasteiger partial charge < -0.3 is 14.7 Å². The first-order valence-electron chi connectivity index (χ1n) is 9.25. The summed E-state index contributed by atoms with van der Waals surface area (Å²) in [7, 11) is 0. The Morgan fingerprint density at radius 1 is 1.22 bits per heavy atom. The largest absolute Gasteiger partial charge is 0.494 e. The third-order valence-corrected chi connectivity index (χ3v) is 5.37. The zero-order valence-electron chi connectivity index (χ0n) is 15.7. The van der Waals surface area contributed by atoms with Crippen molar-refractivity contribution in [3.05, 3.63) is 39.1 Å². The minimum Gasteiger partial charge on any atom is -0.494 e. The molecular weight excluding hydrogens is 369 g/mol. The summed E-state index contributed by atoms with van der Waals surface area (Å²) in [5, 5.41) is 11.1. The normalized spacial score (nSPS) is 15.5. The Morgan fingerprint density at radius 2 is 1.96 bits per heavy atom. The first-order valence-corrected chi connectivity index (χ1v) is 10.1. The number of ether oxygens (including phenoxy) is 1. The van der Waals surface area contributed by atoms with Crippen LogP contribution in [0.2, 0.25) is 0 Å². The van der Waals surface area contributed by atoms with E-state index in [1.807, 2.05) is 13.8 Å². The van der Waals surface area contributed by atoms with E-state index in [0.29, 0.717) is 12.3 Å². The van der Waals surface area contributed by atoms with Gasteiger partial charge in [-0.05, 0) is 38.9 Å². The van der Waals surface area contributed by atoms with Gasteiger partial charge >= 0.3 is 4.87 Å². The topological polar surface area (TPSA) is 57.9 Å². The standard InChI is InChI=1S/C19H26FN3O3S/c1-14(2)26-17-5-4-15(20)12-16(17)22-10-8-21(9-11-22)6-3-7-23-18(24)13-27-19(23)25/h4-5,12-14,24H,3,6-11H2,1-2H3. The molecule has 0 spiro atoms. The number of nitrogens with zero attached hydrogens (tertiary/aromatic N) is 3. The lowest BCUT2D eigenvalue weighted by Crippen LogP contribution is -2.47. The van der Waals surface area contributed by atoms with Gasteiger partial charge in [-0.15, -0.1) is 0 Å². The molecule has 27 heavy (non-hydrogen) atoms. The molecule has 1 saturated heterocycles. The van der Waals surface area contributed by atoms with Gasteiger partial charge in [-0.25, -0.2) is 4.39 Å². The molecule has 1 fully saturated rings. The van der Waals surface area contributed by atoms with E-state index in [9.17, 15) is 14.3 Å². The average molecular weight is 396 g/mol. The van der Waals surface area contributed by atoms with E-state index in [-0.39, 0.29) is 22.7 Å². The minimum absolute atomic E-state index is 0.0347. The maximum Gasteiger partial charge on any atom is 0.309 e. The van der Waals surface area contributed by atoms with Crippen molar-refractivity contribution >= 4 is 17.0 Å². The van der Waals surface area contributed by atoms with Crippen molar-refractivity contribution in [2.75, 3.05) is 37.6 Å². The Balaban J connectivity index is 1.53. The second kappa shape index (κ2) is 8.75. The number of anilines is 1. The quantitative estimate of drug-likeness (QED) is 0.781. The van der Waals surface area contributed by atoms with E-state index >= 15 is 0 Å². The average Bonchev–Trinajstić information content (AvgIpc) is 2.95. The molecule has 0 radical (unpaired) electrons. The van der Waals surface area contributed by atoms with Crippen molar-refractivity contribution in [3.8, 4) is 11.6 Å². The lowest BCUT2D eigenvalue weighted by atomic mass is 10.2. The van der Waals surface area contributed by atoms with Gasteiger partial charge in [0.1, 0.15) is 11.6 Å². The fraction of sp³-hybridized carbons (Fsp3) is 0.526. The van der Waals surface area contributed by atoms with Crippen LogP contribution in [0.3, 0.4) is 0 Å². The SMILES string of the molecule is CC(C)Oc1ccc(F)cc1N1CCN(CCCn2c(O)csc2=O)CC1. The lowest BCUT2D eigenvalue weighted by Gasteiger charge is -2.37. The van der Waals surface area contributed by atoms with Crippen LogP contribution in [-0.2, 0) is 6.54 Å². The zero-order chi connectivity index (χ0) is 19.4. The van der Waals surface area contributed by atoms with E-state index in [4.69, 9.17) is 4.74 Å². The van der Waals surface area contributed by atoms with Gasteiger partial charge in [0.15, 0.2) is 0 Å². The predicted molar refractivity (Wildman–Crippen MR) is 106 cm³/mol. The highest BCUT2D eigenvalue weighted by Crippen LogP contribution is 2.31. The molecule has 1 aliphatic rings. The molecule has 0 bridgehead atoms. The van der Waals surface area contributed by atoms with Crippen molar-refractivity contribution in [1.29, 1.82) is 0 Å². The molecule has 2 heterocycles. The van der Waals surface area contributed by atoms with E-state index in [2.05, 4.69) is 9.80 Å². The maximum absolute atomic E-state index is 13.7. The first kappa shape index (κ1) is 19.7. The number of benzene rings is 1. The van der Waals surface area contributed by atoms with Crippen LogP contribution in [0.4, 0.5) is 10.1 Å². The van der Waals surface area contributed by atoms with Crippen LogP contribution in [-0.4, -0.2) is 53.4 Å². The van der Waals surface area contributed by atoms with E-state index in [1.54, 1.807) is 12.1 Å². The van der Waals surface area contributed by atoms with E-state index < -0.39 is 0 Å². The Bertz CT molecular complexity index is 813. The molecule has 1 N–H and O–H groups in total. The maximum atomic E-state index is 13.7. The molecule has 0 saturated carbocycles. The van der Waals surface area contributed by atoms with Crippen LogP contribution in [0.15, 0.2) is 28.4 Å². The van der Waals surface area contributed by atoms with Crippen molar-refractivity contribution in [2.45, 2.75) is 32.9 Å². The van der Waals surface area contributed by atoms with Crippen LogP contribution in [0.5, 0.6) is 11.6 Å². The molecule has 0 aliphatic carbocycles. The monoisotopic (exact) mass is 395 g/mol. The molecule has 1 aromatic heterocycles. The third kappa shape index (κ3) is 5.01. The van der Waals surface area contributed by atoms with Crippen molar-refractivity contribution in [1.82, 2.24) is 9.47 Å². The van der Waals surface area contributed by atoms with Crippen molar-refractivity contribution in [3.63, 3.8) is 0 Å². The molecular formula is C19H26FN3O3S. The number of thiazole rings is 1. The van der Waals surface area contributed by atoms with Gasteiger partial charge in [0.25, 0.3) is 0 Å². The number of hydrogen-bond donors (Lipinski definition) is 1. The van der Waals surface area contributed by atoms with Gasteiger partial charge in [-0.1, -0.05) is 11.3 Å². The zero-order valence-corrected chi connectivity index (χ0v) is 16.5. The lowest BCUT2D eigenvalue weighted by molar-refractivity contribution is 0.235. The van der Waals surface area contributed by atoms with Crippen LogP contribution in [0, 0.1) is 5.82 Å². The molecule has 2 aromatic rings. The van der Waals surface area contributed by atoms with Gasteiger partial charge in [-0.3, -0.25) is 14.3 Å². The fourth-order valence-corrected chi connectivity index (χ4v) is 3.93. The molecule has 3 rings (SSSR count). The Kier molecular flexibility index (Phi) is 6.38. The highest BCUT2D eigenvalue weighted by molar-refractivity contribution is 7.07. The van der Waals surface area contributed by atoms with Crippen LogP contribution in [0.1, 0.15) is 20.3 Å². The molecule has 148 valence electrons. The van der Waals surface area contributed by atoms with E-state index in [1.165, 1.54) is 16.0 Å². The molecule has 0 unspecified atom stereocenters. The van der Waals surface area contributed by atoms with Gasteiger partial charge in [0.2, 0.25) is 5.88 Å². The summed E-state index contributed by atoms with van der Waals surface area (Å²) >= 11 is 1.02. The van der Waals surface area contributed by atoms with Crippen molar-refractivity contribution < 1.29 is 14.2 Å². The second-order valence-corrected chi connectivity index (χ2v) is 7.79. The molecule has 1 aromatic carbocycles. The Hall–Kier alpha value is -2.06. The summed E-state index contributed by atoms with van der Waals surface area (Å²) < 4.78 is 21.0. The number of aromatic nitrogens is 1. The summed E-state index contributed by atoms with van der Waals surface area (Å²) in [4.78, 5) is 16.0. The van der Waals surface area contributed by atoms with Crippen LogP contribution in [0.25, 0.3) is 0 Å². The number of piperazine rings is 1. The van der Waals surface area contributed by atoms with Gasteiger partial charge in [-0.2, -0.15) is 0 Å². The summed E-state index contributed by atoms with van der Waals surface area (Å²) in [5.41, 5.74) is 0.804. The van der Waals surface area contributed by atoms with Crippen LogP contribution >= 0.6 is 11.3 Å². The summed E-state index contributed by atoms with van der Waals surface area (Å²) in [6.45, 7) is 8.61. The molecule has 6 nitrogen and oxygen atoms in total. The van der Waals surface area contributed by atoms with Crippen LogP contribution < -0.4 is 14.5 Å². The van der Waals surface area contributed by atoms with Gasteiger partial charge in [0, 0.05) is 38.8 Å². The highest BCUT2D eigenvalue weighted by Gasteiger charge is 2.21. The first-order chi connectivity index (χ1) is 12.9. The van der Waals surface area contributed by atoms with Crippen molar-refractivity contribution in [2.24, 2.45) is 0 Å². The molecule has 8 heteroatoms. The molecule has 0 atom stereocenters. The summed E-state index contributed by atoms with van der Waals surface area (Å²) in [5.74, 6) is 0.496. The summed E-state index contributed by atoms with van der Waals surface area (Å²) in [6.07, 6.45) is 0.832. The number of halogens is 1. The molecule has 0 amide bonds. The minimum atomic E-state index is -0.260. The Morgan fingerprint density at radius 3 is 2.59 bits per heavy atom. The number of aromatic hydroxyl groups is 1. The van der Waals surface area contributed by atoms with Gasteiger partial charge in [0.05, 0.1) is 17.2 Å². The third-order valence-electron chi connectivity index (χ3n) is 4.61.